The molecule has 2 aromatic carbocycles. The molecule has 22 heavy (non-hydrogen) atoms. The van der Waals surface area contributed by atoms with Crippen LogP contribution in [0.5, 0.6) is 0 Å². The van der Waals surface area contributed by atoms with E-state index in [-0.39, 0.29) is 0 Å². The lowest BCUT2D eigenvalue weighted by atomic mass is 10.1. The molecule has 0 saturated heterocycles. The fraction of sp³-hybridized carbons (Fsp3) is 0.118. The number of rotatable bonds is 4. The average molecular weight is 332 g/mol. The minimum absolute atomic E-state index is 0.504. The van der Waals surface area contributed by atoms with Crippen molar-refractivity contribution in [3.8, 4) is 11.4 Å². The molecular formula is C17H15Cl2N3. The summed E-state index contributed by atoms with van der Waals surface area (Å²) in [6.45, 7) is 4.55. The number of aromatic nitrogens is 2. The normalized spacial score (nSPS) is 10.9. The van der Waals surface area contributed by atoms with Crippen molar-refractivity contribution in [2.24, 2.45) is 0 Å². The van der Waals surface area contributed by atoms with Crippen LogP contribution in [0.15, 0.2) is 49.1 Å². The summed E-state index contributed by atoms with van der Waals surface area (Å²) in [5.74, 6) is 0.792. The molecule has 5 heteroatoms. The molecule has 1 aromatic heterocycles. The third-order valence-corrected chi connectivity index (χ3v) is 4.22. The molecule has 3 nitrogen and oxygen atoms in total. The lowest BCUT2D eigenvalue weighted by molar-refractivity contribution is 1.03. The van der Waals surface area contributed by atoms with Gasteiger partial charge in [-0.2, -0.15) is 0 Å². The van der Waals surface area contributed by atoms with Crippen LogP contribution in [-0.2, 0) is 0 Å². The molecule has 0 atom stereocenters. The zero-order valence-corrected chi connectivity index (χ0v) is 13.6. The van der Waals surface area contributed by atoms with Crippen LogP contribution in [0.4, 0.5) is 5.69 Å². The summed E-state index contributed by atoms with van der Waals surface area (Å²) < 4.78 is 0. The molecular weight excluding hydrogens is 317 g/mol. The van der Waals surface area contributed by atoms with Gasteiger partial charge in [0.15, 0.2) is 0 Å². The number of hydrogen-bond donors (Lipinski definition) is 1. The second kappa shape index (κ2) is 6.03. The zero-order chi connectivity index (χ0) is 15.7. The molecule has 0 unspecified atom stereocenters. The number of benzene rings is 2. The largest absolute Gasteiger partial charge is 0.370 e. The first-order chi connectivity index (χ1) is 10.6. The van der Waals surface area contributed by atoms with E-state index in [4.69, 9.17) is 23.2 Å². The minimum atomic E-state index is 0.504. The topological polar surface area (TPSA) is 31.9 Å². The molecule has 1 N–H and O–H groups in total. The number of likely N-dealkylation sites (N-methyl/N-ethyl adjacent to an activating group) is 1. The summed E-state index contributed by atoms with van der Waals surface area (Å²) in [5, 5.41) is 1.02. The predicted molar refractivity (Wildman–Crippen MR) is 95.0 cm³/mol. The lowest BCUT2D eigenvalue weighted by Crippen LogP contribution is -2.17. The van der Waals surface area contributed by atoms with Gasteiger partial charge in [0.2, 0.25) is 0 Å². The van der Waals surface area contributed by atoms with E-state index in [0.717, 1.165) is 34.7 Å². The highest BCUT2D eigenvalue weighted by atomic mass is 35.5. The van der Waals surface area contributed by atoms with Crippen LogP contribution >= 0.6 is 23.2 Å². The van der Waals surface area contributed by atoms with Gasteiger partial charge in [0, 0.05) is 24.8 Å². The Morgan fingerprint density at radius 1 is 1.23 bits per heavy atom. The third kappa shape index (κ3) is 2.70. The number of nitrogens with zero attached hydrogens (tertiary/aromatic N) is 2. The molecule has 0 amide bonds. The summed E-state index contributed by atoms with van der Waals surface area (Å²) >= 11 is 12.1. The van der Waals surface area contributed by atoms with Gasteiger partial charge < -0.3 is 9.88 Å². The van der Waals surface area contributed by atoms with E-state index in [1.165, 1.54) is 0 Å². The van der Waals surface area contributed by atoms with Crippen LogP contribution in [0.25, 0.3) is 22.4 Å². The summed E-state index contributed by atoms with van der Waals surface area (Å²) in [6.07, 6.45) is 1.87. The number of halogens is 2. The molecule has 0 saturated carbocycles. The van der Waals surface area contributed by atoms with Crippen molar-refractivity contribution in [1.29, 1.82) is 0 Å². The van der Waals surface area contributed by atoms with E-state index >= 15 is 0 Å². The van der Waals surface area contributed by atoms with E-state index < -0.39 is 0 Å². The van der Waals surface area contributed by atoms with Crippen LogP contribution in [-0.4, -0.2) is 23.6 Å². The number of aromatic amines is 1. The van der Waals surface area contributed by atoms with Gasteiger partial charge in [0.25, 0.3) is 0 Å². The maximum atomic E-state index is 6.07. The van der Waals surface area contributed by atoms with Crippen LogP contribution < -0.4 is 4.90 Å². The van der Waals surface area contributed by atoms with Crippen molar-refractivity contribution in [2.45, 2.75) is 0 Å². The first-order valence-corrected chi connectivity index (χ1v) is 7.62. The Hall–Kier alpha value is -1.97. The highest BCUT2D eigenvalue weighted by Crippen LogP contribution is 2.32. The Bertz CT molecular complexity index is 800. The molecule has 1 heterocycles. The first kappa shape index (κ1) is 14.9. The van der Waals surface area contributed by atoms with Gasteiger partial charge in [0.1, 0.15) is 5.82 Å². The van der Waals surface area contributed by atoms with Gasteiger partial charge in [-0.3, -0.25) is 0 Å². The van der Waals surface area contributed by atoms with Crippen LogP contribution in [0.1, 0.15) is 0 Å². The standard InChI is InChI=1S/C17H15Cl2N3/c1-3-8-22(2)16-7-5-4-6-11(16)17-20-14-9-12(18)13(19)10-15(14)21-17/h3-7,9-10H,1,8H2,2H3,(H,20,21). The van der Waals surface area contributed by atoms with Crippen LogP contribution in [0.2, 0.25) is 10.0 Å². The van der Waals surface area contributed by atoms with Gasteiger partial charge in [-0.15, -0.1) is 6.58 Å². The Labute approximate surface area is 139 Å². The second-order valence-corrected chi connectivity index (χ2v) is 5.87. The number of imidazole rings is 1. The molecule has 0 spiro atoms. The predicted octanol–water partition coefficient (Wildman–Crippen LogP) is 5.16. The van der Waals surface area contributed by atoms with Crippen molar-refractivity contribution >= 4 is 39.9 Å². The fourth-order valence-electron chi connectivity index (χ4n) is 2.43. The van der Waals surface area contributed by atoms with E-state index in [0.29, 0.717) is 10.0 Å². The van der Waals surface area contributed by atoms with Crippen molar-refractivity contribution in [2.75, 3.05) is 18.5 Å². The molecule has 0 bridgehead atoms. The molecule has 3 aromatic rings. The van der Waals surface area contributed by atoms with Crippen LogP contribution in [0, 0.1) is 0 Å². The molecule has 0 radical (unpaired) electrons. The van der Waals surface area contributed by atoms with E-state index in [1.54, 1.807) is 12.1 Å². The SMILES string of the molecule is C=CCN(C)c1ccccc1-c1nc2cc(Cl)c(Cl)cc2[nH]1. The molecule has 0 aliphatic carbocycles. The maximum Gasteiger partial charge on any atom is 0.140 e. The van der Waals surface area contributed by atoms with Gasteiger partial charge in [-0.25, -0.2) is 4.98 Å². The molecule has 112 valence electrons. The van der Waals surface area contributed by atoms with Crippen molar-refractivity contribution in [1.82, 2.24) is 9.97 Å². The monoisotopic (exact) mass is 331 g/mol. The minimum Gasteiger partial charge on any atom is -0.370 e. The number of H-pyrrole nitrogens is 1. The van der Waals surface area contributed by atoms with E-state index in [9.17, 15) is 0 Å². The average Bonchev–Trinajstić information content (AvgIpc) is 2.90. The van der Waals surface area contributed by atoms with Gasteiger partial charge in [0.05, 0.1) is 21.1 Å². The Kier molecular flexibility index (Phi) is 4.10. The Morgan fingerprint density at radius 3 is 2.73 bits per heavy atom. The van der Waals surface area contributed by atoms with E-state index in [2.05, 4.69) is 27.5 Å². The number of para-hydroxylation sites is 1. The van der Waals surface area contributed by atoms with Crippen molar-refractivity contribution in [3.05, 3.63) is 59.1 Å². The second-order valence-electron chi connectivity index (χ2n) is 5.06. The third-order valence-electron chi connectivity index (χ3n) is 3.50. The Balaban J connectivity index is 2.13. The number of nitrogens with one attached hydrogen (secondary N) is 1. The zero-order valence-electron chi connectivity index (χ0n) is 12.1. The fourth-order valence-corrected chi connectivity index (χ4v) is 2.75. The summed E-state index contributed by atoms with van der Waals surface area (Å²) in [7, 11) is 2.02. The van der Waals surface area contributed by atoms with E-state index in [1.807, 2.05) is 31.3 Å². The first-order valence-electron chi connectivity index (χ1n) is 6.86. The number of anilines is 1. The molecule has 3 rings (SSSR count). The Morgan fingerprint density at radius 2 is 1.95 bits per heavy atom. The summed E-state index contributed by atoms with van der Waals surface area (Å²) in [5.41, 5.74) is 3.77. The lowest BCUT2D eigenvalue weighted by Gasteiger charge is -2.19. The molecule has 0 aliphatic heterocycles. The molecule has 0 fully saturated rings. The smallest absolute Gasteiger partial charge is 0.140 e. The van der Waals surface area contributed by atoms with Gasteiger partial charge >= 0.3 is 0 Å². The quantitative estimate of drug-likeness (QED) is 0.669. The highest BCUT2D eigenvalue weighted by Gasteiger charge is 2.13. The van der Waals surface area contributed by atoms with Crippen molar-refractivity contribution in [3.63, 3.8) is 0 Å². The van der Waals surface area contributed by atoms with Crippen LogP contribution in [0.3, 0.4) is 0 Å². The van der Waals surface area contributed by atoms with Gasteiger partial charge in [-0.05, 0) is 24.3 Å². The summed E-state index contributed by atoms with van der Waals surface area (Å²) in [4.78, 5) is 10.1. The highest BCUT2D eigenvalue weighted by molar-refractivity contribution is 6.42. The van der Waals surface area contributed by atoms with Crippen molar-refractivity contribution < 1.29 is 0 Å². The number of fused-ring (bicyclic) bond motifs is 1. The van der Waals surface area contributed by atoms with Gasteiger partial charge in [-0.1, -0.05) is 41.4 Å². The molecule has 0 aliphatic rings. The number of hydrogen-bond acceptors (Lipinski definition) is 2. The maximum absolute atomic E-state index is 6.07. The summed E-state index contributed by atoms with van der Waals surface area (Å²) in [6, 6.07) is 11.7.